The number of para-hydroxylation sites is 3. The predicted molar refractivity (Wildman–Crippen MR) is 200 cm³/mol. The summed E-state index contributed by atoms with van der Waals surface area (Å²) in [6, 6.07) is 61.8. The van der Waals surface area contributed by atoms with Crippen LogP contribution in [0.25, 0.3) is 66.2 Å². The fourth-order valence-corrected chi connectivity index (χ4v) is 6.80. The van der Waals surface area contributed by atoms with E-state index < -0.39 is 0 Å². The van der Waals surface area contributed by atoms with Crippen LogP contribution < -0.4 is 4.90 Å². The first-order chi connectivity index (χ1) is 23.8. The maximum atomic E-state index is 6.46. The average Bonchev–Trinajstić information content (AvgIpc) is 3.56. The van der Waals surface area contributed by atoms with Gasteiger partial charge >= 0.3 is 0 Å². The Morgan fingerprint density at radius 1 is 0.417 bits per heavy atom. The van der Waals surface area contributed by atoms with Crippen molar-refractivity contribution in [2.45, 2.75) is 0 Å². The molecular weight excluding hydrogens is 585 g/mol. The first-order valence-corrected chi connectivity index (χ1v) is 16.2. The van der Waals surface area contributed by atoms with Crippen molar-refractivity contribution in [3.05, 3.63) is 182 Å². The highest BCUT2D eigenvalue weighted by molar-refractivity contribution is 6.16. The topological polar surface area (TPSA) is 29.3 Å². The van der Waals surface area contributed by atoms with E-state index in [1.54, 1.807) is 0 Å². The van der Waals surface area contributed by atoms with Crippen LogP contribution in [0.2, 0.25) is 0 Å². The molecule has 0 atom stereocenters. The highest BCUT2D eigenvalue weighted by atomic mass is 16.3. The van der Waals surface area contributed by atoms with Crippen LogP contribution in [0.5, 0.6) is 0 Å². The number of hydrogen-bond donors (Lipinski definition) is 0. The van der Waals surface area contributed by atoms with E-state index >= 15 is 0 Å². The summed E-state index contributed by atoms with van der Waals surface area (Å²) >= 11 is 0. The van der Waals surface area contributed by atoms with Crippen molar-refractivity contribution in [1.29, 1.82) is 0 Å². The largest absolute Gasteiger partial charge is 0.455 e. The Morgan fingerprint density at radius 3 is 1.81 bits per heavy atom. The van der Waals surface area contributed by atoms with Gasteiger partial charge in [0.15, 0.2) is 0 Å². The molecule has 0 amide bonds. The Labute approximate surface area is 279 Å². The number of anilines is 3. The van der Waals surface area contributed by atoms with E-state index in [0.717, 1.165) is 72.2 Å². The molecule has 0 saturated carbocycles. The van der Waals surface area contributed by atoms with Crippen LogP contribution >= 0.6 is 0 Å². The molecule has 0 N–H and O–H groups in total. The van der Waals surface area contributed by atoms with Crippen molar-refractivity contribution < 1.29 is 4.42 Å². The van der Waals surface area contributed by atoms with Gasteiger partial charge in [0.2, 0.25) is 0 Å². The molecule has 9 rings (SSSR count). The molecule has 0 aliphatic carbocycles. The molecule has 226 valence electrons. The van der Waals surface area contributed by atoms with Crippen molar-refractivity contribution in [3.8, 4) is 33.4 Å². The Balaban J connectivity index is 1.25. The quantitative estimate of drug-likeness (QED) is 0.187. The molecule has 0 aliphatic rings. The molecule has 0 fully saturated rings. The fraction of sp³-hybridized carbons (Fsp3) is 0. The third-order valence-electron chi connectivity index (χ3n) is 9.12. The maximum Gasteiger partial charge on any atom is 0.146 e. The number of furan rings is 1. The van der Waals surface area contributed by atoms with Gasteiger partial charge in [0, 0.05) is 33.6 Å². The second-order valence-corrected chi connectivity index (χ2v) is 12.0. The van der Waals surface area contributed by atoms with Crippen LogP contribution in [0.1, 0.15) is 0 Å². The predicted octanol–water partition coefficient (Wildman–Crippen LogP) is 12.6. The van der Waals surface area contributed by atoms with Gasteiger partial charge in [-0.05, 0) is 64.2 Å². The van der Waals surface area contributed by atoms with Crippen molar-refractivity contribution in [1.82, 2.24) is 4.98 Å². The highest BCUT2D eigenvalue weighted by Crippen LogP contribution is 2.45. The zero-order valence-corrected chi connectivity index (χ0v) is 26.1. The molecule has 9 aromatic rings. The zero-order valence-electron chi connectivity index (χ0n) is 26.1. The summed E-state index contributed by atoms with van der Waals surface area (Å²) < 4.78 is 6.46. The molecule has 0 aliphatic heterocycles. The molecule has 3 heteroatoms. The van der Waals surface area contributed by atoms with Gasteiger partial charge in [0.25, 0.3) is 0 Å². The Morgan fingerprint density at radius 2 is 1.00 bits per heavy atom. The van der Waals surface area contributed by atoms with Gasteiger partial charge in [0.1, 0.15) is 11.2 Å². The summed E-state index contributed by atoms with van der Waals surface area (Å²) in [4.78, 5) is 7.46. The highest BCUT2D eigenvalue weighted by Gasteiger charge is 2.22. The lowest BCUT2D eigenvalue weighted by atomic mass is 9.98. The van der Waals surface area contributed by atoms with E-state index in [0.29, 0.717) is 0 Å². The van der Waals surface area contributed by atoms with Gasteiger partial charge in [-0.1, -0.05) is 140 Å². The van der Waals surface area contributed by atoms with Crippen LogP contribution in [-0.4, -0.2) is 4.98 Å². The average molecular weight is 615 g/mol. The van der Waals surface area contributed by atoms with Crippen LogP contribution in [0.15, 0.2) is 187 Å². The summed E-state index contributed by atoms with van der Waals surface area (Å²) in [7, 11) is 0. The molecule has 3 nitrogen and oxygen atoms in total. The minimum atomic E-state index is 0.853. The first-order valence-electron chi connectivity index (χ1n) is 16.2. The lowest BCUT2D eigenvalue weighted by molar-refractivity contribution is 0.672. The van der Waals surface area contributed by atoms with Crippen LogP contribution in [0.3, 0.4) is 0 Å². The lowest BCUT2D eigenvalue weighted by Crippen LogP contribution is -2.12. The molecule has 0 radical (unpaired) electrons. The molecule has 0 bridgehead atoms. The van der Waals surface area contributed by atoms with Crippen LogP contribution in [0, 0.1) is 0 Å². The monoisotopic (exact) mass is 614 g/mol. The molecule has 0 saturated heterocycles. The number of pyridine rings is 1. The van der Waals surface area contributed by atoms with E-state index in [1.165, 1.54) is 11.1 Å². The van der Waals surface area contributed by atoms with Gasteiger partial charge in [-0.2, -0.15) is 0 Å². The SMILES string of the molecule is c1ccc(-c2ccc(-c3cccc(N(c4ccccc4-c4ccccc4)c4cccc5c4ncc4c6ccccc6oc54)c3)cc2)cc1. The smallest absolute Gasteiger partial charge is 0.146 e. The third kappa shape index (κ3) is 4.81. The van der Waals surface area contributed by atoms with E-state index in [9.17, 15) is 0 Å². The van der Waals surface area contributed by atoms with Crippen molar-refractivity contribution in [2.24, 2.45) is 0 Å². The van der Waals surface area contributed by atoms with Crippen molar-refractivity contribution in [2.75, 3.05) is 4.90 Å². The summed E-state index contributed by atoms with van der Waals surface area (Å²) in [6.45, 7) is 0. The minimum Gasteiger partial charge on any atom is -0.455 e. The fourth-order valence-electron chi connectivity index (χ4n) is 6.80. The second-order valence-electron chi connectivity index (χ2n) is 12.0. The second kappa shape index (κ2) is 11.7. The van der Waals surface area contributed by atoms with E-state index in [1.807, 2.05) is 24.4 Å². The Kier molecular flexibility index (Phi) is 6.80. The number of hydrogen-bond acceptors (Lipinski definition) is 3. The normalized spacial score (nSPS) is 11.3. The standard InChI is InChI=1S/C45H30N2O/c1-3-13-31(14-4-1)32-25-27-33(28-26-32)35-17-11-18-36(29-35)47(41-22-9-7-19-37(41)34-15-5-2-6-16-34)42-23-12-21-39-44(42)46-30-40-38-20-8-10-24-43(38)48-45(39)40/h1-30H. The van der Waals surface area contributed by atoms with Gasteiger partial charge in [-0.15, -0.1) is 0 Å². The third-order valence-corrected chi connectivity index (χ3v) is 9.12. The Hall–Kier alpha value is -6.45. The Bertz CT molecular complexity index is 2550. The number of fused-ring (bicyclic) bond motifs is 5. The summed E-state index contributed by atoms with van der Waals surface area (Å²) in [5, 5.41) is 3.08. The van der Waals surface area contributed by atoms with Crippen molar-refractivity contribution >= 4 is 49.9 Å². The lowest BCUT2D eigenvalue weighted by Gasteiger charge is -2.29. The zero-order chi connectivity index (χ0) is 31.9. The molecule has 0 spiro atoms. The van der Waals surface area contributed by atoms with E-state index in [2.05, 4.69) is 163 Å². The number of nitrogens with zero attached hydrogens (tertiary/aromatic N) is 2. The molecule has 0 unspecified atom stereocenters. The van der Waals surface area contributed by atoms with Gasteiger partial charge in [-0.25, -0.2) is 0 Å². The maximum absolute atomic E-state index is 6.46. The summed E-state index contributed by atoms with van der Waals surface area (Å²) in [5.41, 5.74) is 12.7. The molecule has 2 aromatic heterocycles. The molecule has 48 heavy (non-hydrogen) atoms. The van der Waals surface area contributed by atoms with Gasteiger partial charge < -0.3 is 9.32 Å². The van der Waals surface area contributed by atoms with Gasteiger partial charge in [-0.3, -0.25) is 4.98 Å². The van der Waals surface area contributed by atoms with E-state index in [-0.39, 0.29) is 0 Å². The number of rotatable bonds is 6. The van der Waals surface area contributed by atoms with Crippen molar-refractivity contribution in [3.63, 3.8) is 0 Å². The van der Waals surface area contributed by atoms with Gasteiger partial charge in [0.05, 0.1) is 16.9 Å². The molecule has 2 heterocycles. The number of aromatic nitrogens is 1. The minimum absolute atomic E-state index is 0.853. The number of benzene rings is 7. The molecule has 7 aromatic carbocycles. The van der Waals surface area contributed by atoms with Crippen LogP contribution in [-0.2, 0) is 0 Å². The summed E-state index contributed by atoms with van der Waals surface area (Å²) in [6.07, 6.45) is 1.96. The van der Waals surface area contributed by atoms with Crippen LogP contribution in [0.4, 0.5) is 17.1 Å². The molecular formula is C45H30N2O. The summed E-state index contributed by atoms with van der Waals surface area (Å²) in [5.74, 6) is 0. The first kappa shape index (κ1) is 27.8. The van der Waals surface area contributed by atoms with E-state index in [4.69, 9.17) is 9.40 Å².